The Balaban J connectivity index is 2.39. The van der Waals surface area contributed by atoms with Crippen molar-refractivity contribution in [2.45, 2.75) is 45.8 Å². The van der Waals surface area contributed by atoms with Crippen LogP contribution in [0.15, 0.2) is 24.3 Å². The summed E-state index contributed by atoms with van der Waals surface area (Å²) in [6.45, 7) is 8.27. The lowest BCUT2D eigenvalue weighted by Gasteiger charge is -2.20. The summed E-state index contributed by atoms with van der Waals surface area (Å²) in [5.74, 6) is 0.658. The molecule has 0 saturated carbocycles. The molecule has 0 aliphatic rings. The van der Waals surface area contributed by atoms with Gasteiger partial charge in [-0.15, -0.1) is 0 Å². The van der Waals surface area contributed by atoms with E-state index in [1.165, 1.54) is 0 Å². The van der Waals surface area contributed by atoms with Crippen LogP contribution in [0, 0.1) is 0 Å². The fourth-order valence-corrected chi connectivity index (χ4v) is 1.81. The Morgan fingerprint density at radius 1 is 1.35 bits per heavy atom. The summed E-state index contributed by atoms with van der Waals surface area (Å²) < 4.78 is 10.5. The van der Waals surface area contributed by atoms with Crippen molar-refractivity contribution in [1.82, 2.24) is 5.32 Å². The van der Waals surface area contributed by atoms with Gasteiger partial charge in [-0.3, -0.25) is 4.79 Å². The number of ether oxygens (including phenoxy) is 2. The average Bonchev–Trinajstić information content (AvgIpc) is 2.36. The van der Waals surface area contributed by atoms with Gasteiger partial charge in [-0.2, -0.15) is 0 Å². The molecule has 4 heteroatoms. The molecule has 1 rings (SSSR count). The fourth-order valence-electron chi connectivity index (χ4n) is 1.81. The minimum Gasteiger partial charge on any atom is -0.497 e. The quantitative estimate of drug-likeness (QED) is 0.813. The van der Waals surface area contributed by atoms with Gasteiger partial charge in [0, 0.05) is 12.6 Å². The molecule has 0 aromatic heterocycles. The number of hydrogen-bond donors (Lipinski definition) is 1. The predicted molar refractivity (Wildman–Crippen MR) is 79.9 cm³/mol. The third-order valence-corrected chi connectivity index (χ3v) is 2.79. The number of methoxy groups -OCH3 is 1. The van der Waals surface area contributed by atoms with Crippen LogP contribution in [0.4, 0.5) is 0 Å². The summed E-state index contributed by atoms with van der Waals surface area (Å²) in [7, 11) is 1.65. The van der Waals surface area contributed by atoms with E-state index in [9.17, 15) is 4.79 Å². The highest BCUT2D eigenvalue weighted by molar-refractivity contribution is 5.70. The Hall–Kier alpha value is -1.55. The van der Waals surface area contributed by atoms with Crippen molar-refractivity contribution < 1.29 is 14.3 Å². The SMILES string of the molecule is COc1cccc([C@H](C)NCCC(=O)OC(C)(C)C)c1. The Morgan fingerprint density at radius 2 is 2.05 bits per heavy atom. The van der Waals surface area contributed by atoms with Crippen molar-refractivity contribution in [1.29, 1.82) is 0 Å². The zero-order valence-corrected chi connectivity index (χ0v) is 13.0. The van der Waals surface area contributed by atoms with Gasteiger partial charge in [0.15, 0.2) is 0 Å². The van der Waals surface area contributed by atoms with Gasteiger partial charge in [-0.1, -0.05) is 12.1 Å². The van der Waals surface area contributed by atoms with E-state index in [-0.39, 0.29) is 12.0 Å². The summed E-state index contributed by atoms with van der Waals surface area (Å²) in [6, 6.07) is 8.06. The van der Waals surface area contributed by atoms with Crippen LogP contribution >= 0.6 is 0 Å². The lowest BCUT2D eigenvalue weighted by atomic mass is 10.1. The van der Waals surface area contributed by atoms with Crippen molar-refractivity contribution in [3.8, 4) is 5.75 Å². The number of rotatable bonds is 6. The standard InChI is InChI=1S/C16H25NO3/c1-12(13-7-6-8-14(11-13)19-5)17-10-9-15(18)20-16(2,3)4/h6-8,11-12,17H,9-10H2,1-5H3/t12-/m0/s1. The first-order valence-corrected chi connectivity index (χ1v) is 6.91. The van der Waals surface area contributed by atoms with Gasteiger partial charge in [0.05, 0.1) is 13.5 Å². The second-order valence-corrected chi connectivity index (χ2v) is 5.79. The minimum absolute atomic E-state index is 0.160. The normalized spacial score (nSPS) is 12.8. The molecule has 1 N–H and O–H groups in total. The van der Waals surface area contributed by atoms with Gasteiger partial charge >= 0.3 is 5.97 Å². The molecule has 0 bridgehead atoms. The molecule has 0 heterocycles. The first kappa shape index (κ1) is 16.5. The molecular weight excluding hydrogens is 254 g/mol. The second-order valence-electron chi connectivity index (χ2n) is 5.79. The first-order chi connectivity index (χ1) is 9.31. The molecule has 1 aromatic carbocycles. The van der Waals surface area contributed by atoms with Gasteiger partial charge in [0.1, 0.15) is 11.4 Å². The summed E-state index contributed by atoms with van der Waals surface area (Å²) in [5, 5.41) is 3.31. The van der Waals surface area contributed by atoms with Crippen LogP contribution in [0.25, 0.3) is 0 Å². The van der Waals surface area contributed by atoms with E-state index >= 15 is 0 Å². The third-order valence-electron chi connectivity index (χ3n) is 2.79. The molecule has 0 aliphatic heterocycles. The van der Waals surface area contributed by atoms with E-state index in [0.717, 1.165) is 11.3 Å². The zero-order valence-electron chi connectivity index (χ0n) is 13.0. The van der Waals surface area contributed by atoms with Gasteiger partial charge in [0.25, 0.3) is 0 Å². The minimum atomic E-state index is -0.421. The van der Waals surface area contributed by atoms with E-state index in [1.54, 1.807) is 7.11 Å². The van der Waals surface area contributed by atoms with Crippen molar-refractivity contribution in [3.05, 3.63) is 29.8 Å². The van der Waals surface area contributed by atoms with E-state index in [4.69, 9.17) is 9.47 Å². The zero-order chi connectivity index (χ0) is 15.2. The topological polar surface area (TPSA) is 47.6 Å². The van der Waals surface area contributed by atoms with Gasteiger partial charge in [-0.05, 0) is 45.4 Å². The van der Waals surface area contributed by atoms with Crippen LogP contribution in [0.1, 0.15) is 45.7 Å². The molecule has 1 aromatic rings. The number of nitrogens with one attached hydrogen (secondary N) is 1. The maximum absolute atomic E-state index is 11.6. The van der Waals surface area contributed by atoms with Crippen LogP contribution in [0.5, 0.6) is 5.75 Å². The van der Waals surface area contributed by atoms with Crippen LogP contribution in [0.2, 0.25) is 0 Å². The summed E-state index contributed by atoms with van der Waals surface area (Å²) >= 11 is 0. The van der Waals surface area contributed by atoms with Gasteiger partial charge in [-0.25, -0.2) is 0 Å². The van der Waals surface area contributed by atoms with Gasteiger partial charge < -0.3 is 14.8 Å². The summed E-state index contributed by atoms with van der Waals surface area (Å²) in [4.78, 5) is 11.6. The number of carbonyl (C=O) groups excluding carboxylic acids is 1. The molecule has 0 amide bonds. The lowest BCUT2D eigenvalue weighted by Crippen LogP contribution is -2.27. The van der Waals surface area contributed by atoms with Crippen LogP contribution in [-0.2, 0) is 9.53 Å². The maximum atomic E-state index is 11.6. The van der Waals surface area contributed by atoms with Crippen LogP contribution in [-0.4, -0.2) is 25.2 Å². The molecular formula is C16H25NO3. The van der Waals surface area contributed by atoms with Crippen molar-refractivity contribution in [2.75, 3.05) is 13.7 Å². The molecule has 0 radical (unpaired) electrons. The van der Waals surface area contributed by atoms with E-state index in [1.807, 2.05) is 45.0 Å². The monoisotopic (exact) mass is 279 g/mol. The molecule has 0 fully saturated rings. The van der Waals surface area contributed by atoms with E-state index in [0.29, 0.717) is 13.0 Å². The fraction of sp³-hybridized carbons (Fsp3) is 0.562. The third kappa shape index (κ3) is 6.06. The highest BCUT2D eigenvalue weighted by Gasteiger charge is 2.16. The molecule has 20 heavy (non-hydrogen) atoms. The number of esters is 1. The van der Waals surface area contributed by atoms with Crippen LogP contribution < -0.4 is 10.1 Å². The Bertz CT molecular complexity index is 438. The molecule has 112 valence electrons. The molecule has 0 unspecified atom stereocenters. The molecule has 1 atom stereocenters. The maximum Gasteiger partial charge on any atom is 0.307 e. The number of carbonyl (C=O) groups is 1. The smallest absolute Gasteiger partial charge is 0.307 e. The number of benzene rings is 1. The summed E-state index contributed by atoms with van der Waals surface area (Å²) in [5.41, 5.74) is 0.712. The lowest BCUT2D eigenvalue weighted by molar-refractivity contribution is -0.154. The van der Waals surface area contributed by atoms with Crippen molar-refractivity contribution >= 4 is 5.97 Å². The Morgan fingerprint density at radius 3 is 2.65 bits per heavy atom. The Labute approximate surface area is 121 Å². The Kier molecular flexibility index (Phi) is 6.02. The molecule has 4 nitrogen and oxygen atoms in total. The largest absolute Gasteiger partial charge is 0.497 e. The molecule has 0 spiro atoms. The van der Waals surface area contributed by atoms with Crippen LogP contribution in [0.3, 0.4) is 0 Å². The number of hydrogen-bond acceptors (Lipinski definition) is 4. The van der Waals surface area contributed by atoms with Crippen molar-refractivity contribution in [3.63, 3.8) is 0 Å². The molecule has 0 saturated heterocycles. The van der Waals surface area contributed by atoms with E-state index in [2.05, 4.69) is 12.2 Å². The molecule has 0 aliphatic carbocycles. The van der Waals surface area contributed by atoms with E-state index < -0.39 is 5.60 Å². The summed E-state index contributed by atoms with van der Waals surface area (Å²) in [6.07, 6.45) is 0.367. The second kappa shape index (κ2) is 7.29. The highest BCUT2D eigenvalue weighted by Crippen LogP contribution is 2.18. The first-order valence-electron chi connectivity index (χ1n) is 6.91. The van der Waals surface area contributed by atoms with Crippen molar-refractivity contribution in [2.24, 2.45) is 0 Å². The highest BCUT2D eigenvalue weighted by atomic mass is 16.6. The van der Waals surface area contributed by atoms with Gasteiger partial charge in [0.2, 0.25) is 0 Å². The average molecular weight is 279 g/mol. The predicted octanol–water partition coefficient (Wildman–Crippen LogP) is 3.08.